The molecule has 3 N–H and O–H groups in total. The van der Waals surface area contributed by atoms with Crippen LogP contribution in [0.5, 0.6) is 0 Å². The van der Waals surface area contributed by atoms with Crippen molar-refractivity contribution in [2.45, 2.75) is 33.8 Å². The molecule has 0 fully saturated rings. The molecule has 0 unspecified atom stereocenters. The molecule has 0 saturated carbocycles. The van der Waals surface area contributed by atoms with Crippen LogP contribution < -0.4 is 16.0 Å². The Labute approximate surface area is 175 Å². The fourth-order valence-electron chi connectivity index (χ4n) is 2.68. The Kier molecular flexibility index (Phi) is 7.69. The van der Waals surface area contributed by atoms with Crippen LogP contribution in [0.2, 0.25) is 0 Å². The lowest BCUT2D eigenvalue weighted by molar-refractivity contribution is -0.130. The Morgan fingerprint density at radius 3 is 2.10 bits per heavy atom. The van der Waals surface area contributed by atoms with E-state index in [-0.39, 0.29) is 23.9 Å². The molecular formula is C22H25N3O5. The summed E-state index contributed by atoms with van der Waals surface area (Å²) in [4.78, 5) is 47.5. The van der Waals surface area contributed by atoms with Crippen molar-refractivity contribution < 1.29 is 23.9 Å². The molecule has 30 heavy (non-hydrogen) atoms. The molecule has 0 aromatic heterocycles. The van der Waals surface area contributed by atoms with Gasteiger partial charge in [-0.2, -0.15) is 0 Å². The van der Waals surface area contributed by atoms with Gasteiger partial charge in [-0.25, -0.2) is 4.79 Å². The van der Waals surface area contributed by atoms with Crippen molar-refractivity contribution in [3.8, 4) is 0 Å². The molecule has 8 nitrogen and oxygen atoms in total. The van der Waals surface area contributed by atoms with Gasteiger partial charge in [0.2, 0.25) is 11.8 Å². The van der Waals surface area contributed by atoms with Crippen LogP contribution in [0.3, 0.4) is 0 Å². The van der Waals surface area contributed by atoms with Crippen LogP contribution in [-0.4, -0.2) is 36.3 Å². The Hall–Kier alpha value is -3.68. The first-order valence-corrected chi connectivity index (χ1v) is 9.39. The second-order valence-electron chi connectivity index (χ2n) is 6.84. The number of anilines is 2. The molecule has 2 aromatic carbocycles. The summed E-state index contributed by atoms with van der Waals surface area (Å²) in [6.07, 6.45) is -1.08. The summed E-state index contributed by atoms with van der Waals surface area (Å²) in [6, 6.07) is 11.7. The van der Waals surface area contributed by atoms with Gasteiger partial charge in [-0.05, 0) is 56.2 Å². The largest absolute Gasteiger partial charge is 0.449 e. The zero-order valence-corrected chi connectivity index (χ0v) is 17.4. The summed E-state index contributed by atoms with van der Waals surface area (Å²) in [6.45, 7) is 6.31. The maximum atomic E-state index is 12.2. The average molecular weight is 411 g/mol. The monoisotopic (exact) mass is 411 g/mol. The predicted molar refractivity (Wildman–Crippen MR) is 113 cm³/mol. The van der Waals surface area contributed by atoms with Gasteiger partial charge in [0.05, 0.1) is 12.1 Å². The first-order chi connectivity index (χ1) is 14.2. The highest BCUT2D eigenvalue weighted by atomic mass is 16.5. The van der Waals surface area contributed by atoms with Crippen LogP contribution in [0.25, 0.3) is 0 Å². The van der Waals surface area contributed by atoms with Gasteiger partial charge in [0.25, 0.3) is 5.91 Å². The standard InChI is InChI=1S/C22H25N3O5/c1-13-6-5-7-14(2)20(13)25-19(27)12-23-21(28)15(3)30-22(29)17-8-10-18(11-9-17)24-16(4)26/h5-11,15H,12H2,1-4H3,(H,23,28)(H,24,26)(H,25,27)/t15-/m1/s1. The first kappa shape index (κ1) is 22.6. The van der Waals surface area contributed by atoms with Crippen molar-refractivity contribution >= 4 is 35.1 Å². The summed E-state index contributed by atoms with van der Waals surface area (Å²) < 4.78 is 5.14. The number of benzene rings is 2. The number of amides is 3. The zero-order chi connectivity index (χ0) is 22.3. The minimum Gasteiger partial charge on any atom is -0.449 e. The number of aryl methyl sites for hydroxylation is 2. The Balaban J connectivity index is 1.84. The van der Waals surface area contributed by atoms with Crippen LogP contribution in [0.15, 0.2) is 42.5 Å². The van der Waals surface area contributed by atoms with Crippen molar-refractivity contribution in [1.29, 1.82) is 0 Å². The minimum atomic E-state index is -1.08. The van der Waals surface area contributed by atoms with E-state index in [2.05, 4.69) is 16.0 Å². The summed E-state index contributed by atoms with van der Waals surface area (Å²) in [7, 11) is 0. The van der Waals surface area contributed by atoms with Gasteiger partial charge in [0.1, 0.15) is 0 Å². The van der Waals surface area contributed by atoms with E-state index in [0.717, 1.165) is 11.1 Å². The van der Waals surface area contributed by atoms with E-state index in [1.54, 1.807) is 12.1 Å². The van der Waals surface area contributed by atoms with Crippen molar-refractivity contribution in [2.75, 3.05) is 17.2 Å². The van der Waals surface area contributed by atoms with Crippen LogP contribution >= 0.6 is 0 Å². The van der Waals surface area contributed by atoms with E-state index < -0.39 is 18.0 Å². The maximum Gasteiger partial charge on any atom is 0.338 e. The molecule has 3 amide bonds. The summed E-state index contributed by atoms with van der Waals surface area (Å²) in [5, 5.41) is 7.81. The lowest BCUT2D eigenvalue weighted by Gasteiger charge is -2.15. The van der Waals surface area contributed by atoms with Gasteiger partial charge in [-0.15, -0.1) is 0 Å². The van der Waals surface area contributed by atoms with Gasteiger partial charge in [-0.1, -0.05) is 18.2 Å². The lowest BCUT2D eigenvalue weighted by Crippen LogP contribution is -2.40. The van der Waals surface area contributed by atoms with Crippen LogP contribution in [0.4, 0.5) is 11.4 Å². The smallest absolute Gasteiger partial charge is 0.338 e. The number of esters is 1. The molecule has 0 bridgehead atoms. The van der Waals surface area contributed by atoms with E-state index in [1.165, 1.54) is 26.0 Å². The summed E-state index contributed by atoms with van der Waals surface area (Å²) in [5.41, 5.74) is 3.32. The Bertz CT molecular complexity index is 933. The number of nitrogens with one attached hydrogen (secondary N) is 3. The predicted octanol–water partition coefficient (Wildman–Crippen LogP) is 2.56. The molecule has 158 valence electrons. The van der Waals surface area contributed by atoms with E-state index in [1.807, 2.05) is 32.0 Å². The third-order valence-corrected chi connectivity index (χ3v) is 4.26. The fourth-order valence-corrected chi connectivity index (χ4v) is 2.68. The van der Waals surface area contributed by atoms with E-state index in [0.29, 0.717) is 11.4 Å². The topological polar surface area (TPSA) is 114 Å². The summed E-state index contributed by atoms with van der Waals surface area (Å²) in [5.74, 6) is -1.88. The molecule has 0 aliphatic carbocycles. The van der Waals surface area contributed by atoms with E-state index >= 15 is 0 Å². The molecule has 1 atom stereocenters. The Morgan fingerprint density at radius 1 is 0.933 bits per heavy atom. The van der Waals surface area contributed by atoms with Gasteiger partial charge < -0.3 is 20.7 Å². The lowest BCUT2D eigenvalue weighted by atomic mass is 10.1. The highest BCUT2D eigenvalue weighted by Crippen LogP contribution is 2.19. The van der Waals surface area contributed by atoms with E-state index in [9.17, 15) is 19.2 Å². The Morgan fingerprint density at radius 2 is 1.53 bits per heavy atom. The second kappa shape index (κ2) is 10.2. The molecule has 0 aliphatic heterocycles. The van der Waals surface area contributed by atoms with Gasteiger partial charge >= 0.3 is 5.97 Å². The number of rotatable bonds is 7. The summed E-state index contributed by atoms with van der Waals surface area (Å²) >= 11 is 0. The molecule has 0 radical (unpaired) electrons. The van der Waals surface area contributed by atoms with Crippen molar-refractivity contribution in [3.05, 3.63) is 59.2 Å². The molecule has 0 aliphatic rings. The molecule has 2 aromatic rings. The third-order valence-electron chi connectivity index (χ3n) is 4.26. The van der Waals surface area contributed by atoms with Crippen LogP contribution in [0.1, 0.15) is 35.3 Å². The average Bonchev–Trinajstić information content (AvgIpc) is 2.69. The van der Waals surface area contributed by atoms with Crippen LogP contribution in [0, 0.1) is 13.8 Å². The second-order valence-corrected chi connectivity index (χ2v) is 6.84. The fraction of sp³-hybridized carbons (Fsp3) is 0.273. The molecule has 8 heteroatoms. The van der Waals surface area contributed by atoms with Gasteiger partial charge in [0, 0.05) is 18.3 Å². The number of carbonyl (C=O) groups excluding carboxylic acids is 4. The van der Waals surface area contributed by atoms with Crippen molar-refractivity contribution in [3.63, 3.8) is 0 Å². The number of ether oxygens (including phenoxy) is 1. The minimum absolute atomic E-state index is 0.225. The SMILES string of the molecule is CC(=O)Nc1ccc(C(=O)O[C@H](C)C(=O)NCC(=O)Nc2c(C)cccc2C)cc1. The molecule has 0 saturated heterocycles. The maximum absolute atomic E-state index is 12.2. The van der Waals surface area contributed by atoms with Crippen LogP contribution in [-0.2, 0) is 19.1 Å². The molecule has 0 spiro atoms. The first-order valence-electron chi connectivity index (χ1n) is 9.39. The number of para-hydroxylation sites is 1. The highest BCUT2D eigenvalue weighted by molar-refractivity contribution is 5.97. The number of hydrogen-bond acceptors (Lipinski definition) is 5. The number of hydrogen-bond donors (Lipinski definition) is 3. The molecular weight excluding hydrogens is 386 g/mol. The molecule has 0 heterocycles. The van der Waals surface area contributed by atoms with Gasteiger partial charge in [-0.3, -0.25) is 14.4 Å². The third kappa shape index (κ3) is 6.44. The van der Waals surface area contributed by atoms with Gasteiger partial charge in [0.15, 0.2) is 6.10 Å². The zero-order valence-electron chi connectivity index (χ0n) is 17.4. The van der Waals surface area contributed by atoms with Crippen molar-refractivity contribution in [1.82, 2.24) is 5.32 Å². The highest BCUT2D eigenvalue weighted by Gasteiger charge is 2.19. The quantitative estimate of drug-likeness (QED) is 0.606. The van der Waals surface area contributed by atoms with Crippen molar-refractivity contribution in [2.24, 2.45) is 0 Å². The normalized spacial score (nSPS) is 11.2. The number of carbonyl (C=O) groups is 4. The molecule has 2 rings (SSSR count). The van der Waals surface area contributed by atoms with E-state index in [4.69, 9.17) is 4.74 Å².